The Morgan fingerprint density at radius 2 is 2.20 bits per heavy atom. The van der Waals surface area contributed by atoms with Gasteiger partial charge in [0.2, 0.25) is 10.8 Å². The van der Waals surface area contributed by atoms with Gasteiger partial charge in [0.15, 0.2) is 5.82 Å². The summed E-state index contributed by atoms with van der Waals surface area (Å²) in [4.78, 5) is 20.0. The first-order valence-electron chi connectivity index (χ1n) is 10.3. The molecule has 1 aliphatic heterocycles. The molecular formula is C21H25FN4O3S. The molecule has 0 bridgehead atoms. The van der Waals surface area contributed by atoms with Gasteiger partial charge in [0, 0.05) is 18.5 Å². The highest BCUT2D eigenvalue weighted by Crippen LogP contribution is 2.42. The van der Waals surface area contributed by atoms with Crippen molar-refractivity contribution in [1.82, 2.24) is 19.5 Å². The Bertz CT molecular complexity index is 1050. The third kappa shape index (κ3) is 3.79. The van der Waals surface area contributed by atoms with Crippen LogP contribution in [0.3, 0.4) is 0 Å². The predicted octanol–water partition coefficient (Wildman–Crippen LogP) is 3.56. The van der Waals surface area contributed by atoms with Crippen molar-refractivity contribution in [3.8, 4) is 5.88 Å². The van der Waals surface area contributed by atoms with E-state index in [1.54, 1.807) is 25.1 Å². The zero-order valence-corrected chi connectivity index (χ0v) is 17.9. The minimum absolute atomic E-state index is 0.0336. The molecule has 3 heterocycles. The molecule has 0 aliphatic carbocycles. The number of likely N-dealkylation sites (tertiary alicyclic amines) is 1. The normalized spacial score (nSPS) is 18.6. The van der Waals surface area contributed by atoms with Gasteiger partial charge in [-0.05, 0) is 32.4 Å². The van der Waals surface area contributed by atoms with Crippen molar-refractivity contribution >= 4 is 22.3 Å². The number of nitrogens with zero attached hydrogens (tertiary/aromatic N) is 4. The van der Waals surface area contributed by atoms with Crippen molar-refractivity contribution in [2.24, 2.45) is 5.92 Å². The number of piperidine rings is 1. The van der Waals surface area contributed by atoms with E-state index in [9.17, 15) is 14.3 Å². The Kier molecular flexibility index (Phi) is 6.01. The number of carbonyl (C=O) groups is 1. The van der Waals surface area contributed by atoms with E-state index in [1.165, 1.54) is 21.9 Å². The fourth-order valence-electron chi connectivity index (χ4n) is 4.01. The summed E-state index contributed by atoms with van der Waals surface area (Å²) in [7, 11) is 0. The van der Waals surface area contributed by atoms with Crippen LogP contribution in [0.1, 0.15) is 49.0 Å². The molecule has 1 aliphatic rings. The van der Waals surface area contributed by atoms with Gasteiger partial charge in [-0.2, -0.15) is 4.52 Å². The average Bonchev–Trinajstić information content (AvgIpc) is 3.29. The maximum atomic E-state index is 14.9. The Labute approximate surface area is 178 Å². The molecule has 9 heteroatoms. The van der Waals surface area contributed by atoms with E-state index in [4.69, 9.17) is 4.74 Å². The van der Waals surface area contributed by atoms with E-state index in [1.807, 2.05) is 6.92 Å². The Morgan fingerprint density at radius 1 is 1.40 bits per heavy atom. The molecule has 1 saturated heterocycles. The molecular weight excluding hydrogens is 407 g/mol. The number of fused-ring (bicyclic) bond motifs is 1. The van der Waals surface area contributed by atoms with Crippen LogP contribution >= 0.6 is 11.3 Å². The minimum atomic E-state index is -0.540. The molecule has 2 aromatic heterocycles. The topological polar surface area (TPSA) is 80.0 Å². The lowest BCUT2D eigenvalue weighted by atomic mass is 9.94. The number of hydrogen-bond acceptors (Lipinski definition) is 7. The van der Waals surface area contributed by atoms with Gasteiger partial charge in [-0.1, -0.05) is 36.5 Å². The third-order valence-corrected chi connectivity index (χ3v) is 6.52. The molecule has 4 rings (SSSR count). The third-order valence-electron chi connectivity index (χ3n) is 5.45. The van der Waals surface area contributed by atoms with Crippen LogP contribution in [-0.2, 0) is 16.0 Å². The van der Waals surface area contributed by atoms with Crippen molar-refractivity contribution in [1.29, 1.82) is 0 Å². The number of thiazole rings is 1. The standard InChI is InChI=1S/C21H25FN4O3S/c1-3-16-23-21-26(24-16)19(27)18(30-21)17(14-9-5-6-10-15(14)22)25-11-7-8-13(12-25)20(28)29-4-2/h5-6,9-10,13,17,27H,3-4,7-8,11-12H2,1-2H3/t13-,17-/m0/s1. The van der Waals surface area contributed by atoms with Gasteiger partial charge >= 0.3 is 5.97 Å². The highest BCUT2D eigenvalue weighted by atomic mass is 32.1. The molecule has 0 saturated carbocycles. The highest BCUT2D eigenvalue weighted by molar-refractivity contribution is 7.17. The molecule has 1 aromatic carbocycles. The van der Waals surface area contributed by atoms with Crippen LogP contribution in [0.25, 0.3) is 4.96 Å². The smallest absolute Gasteiger partial charge is 0.310 e. The Morgan fingerprint density at radius 3 is 2.90 bits per heavy atom. The monoisotopic (exact) mass is 432 g/mol. The molecule has 160 valence electrons. The molecule has 1 N–H and O–H groups in total. The Hall–Kier alpha value is -2.52. The second-order valence-corrected chi connectivity index (χ2v) is 8.39. The quantitative estimate of drug-likeness (QED) is 0.600. The summed E-state index contributed by atoms with van der Waals surface area (Å²) < 4.78 is 21.5. The molecule has 30 heavy (non-hydrogen) atoms. The molecule has 1 fully saturated rings. The first-order valence-corrected chi connectivity index (χ1v) is 11.1. The lowest BCUT2D eigenvalue weighted by Crippen LogP contribution is -2.41. The van der Waals surface area contributed by atoms with Crippen LogP contribution in [0, 0.1) is 11.7 Å². The van der Waals surface area contributed by atoms with Crippen LogP contribution in [0.15, 0.2) is 24.3 Å². The molecule has 0 amide bonds. The zero-order valence-electron chi connectivity index (χ0n) is 17.0. The fourth-order valence-corrected chi connectivity index (χ4v) is 5.14. The largest absolute Gasteiger partial charge is 0.492 e. The summed E-state index contributed by atoms with van der Waals surface area (Å²) in [6.07, 6.45) is 2.18. The summed E-state index contributed by atoms with van der Waals surface area (Å²) in [5.74, 6) is -0.245. The van der Waals surface area contributed by atoms with Crippen molar-refractivity contribution in [2.75, 3.05) is 19.7 Å². The lowest BCUT2D eigenvalue weighted by molar-refractivity contribution is -0.150. The number of hydrogen-bond donors (Lipinski definition) is 1. The first-order chi connectivity index (χ1) is 14.5. The summed E-state index contributed by atoms with van der Waals surface area (Å²) in [6, 6.07) is 6.02. The summed E-state index contributed by atoms with van der Waals surface area (Å²) in [6.45, 7) is 5.19. The SMILES string of the molecule is CCOC(=O)[C@H]1CCCN([C@@H](c2ccccc2F)c2sc3nc(CC)nn3c2O)C1. The second kappa shape index (κ2) is 8.69. The predicted molar refractivity (Wildman–Crippen MR) is 111 cm³/mol. The number of aromatic nitrogens is 3. The number of aryl methyl sites for hydroxylation is 1. The fraction of sp³-hybridized carbons (Fsp3) is 0.476. The van der Waals surface area contributed by atoms with E-state index >= 15 is 0 Å². The number of aromatic hydroxyl groups is 1. The van der Waals surface area contributed by atoms with E-state index in [2.05, 4.69) is 15.0 Å². The van der Waals surface area contributed by atoms with Crippen molar-refractivity contribution in [3.05, 3.63) is 46.3 Å². The first kappa shape index (κ1) is 20.7. The summed E-state index contributed by atoms with van der Waals surface area (Å²) in [5, 5.41) is 15.3. The van der Waals surface area contributed by atoms with Gasteiger partial charge in [-0.3, -0.25) is 9.69 Å². The zero-order chi connectivity index (χ0) is 21.3. The maximum Gasteiger partial charge on any atom is 0.310 e. The molecule has 2 atom stereocenters. The number of rotatable bonds is 6. The lowest BCUT2D eigenvalue weighted by Gasteiger charge is -2.37. The number of esters is 1. The summed E-state index contributed by atoms with van der Waals surface area (Å²) in [5.41, 5.74) is 0.456. The number of benzene rings is 1. The van der Waals surface area contributed by atoms with E-state index in [0.29, 0.717) is 47.3 Å². The van der Waals surface area contributed by atoms with Crippen molar-refractivity contribution < 1.29 is 19.0 Å². The number of carbonyl (C=O) groups excluding carboxylic acids is 1. The number of halogens is 1. The van der Waals surface area contributed by atoms with Crippen LogP contribution in [-0.4, -0.2) is 50.3 Å². The molecule has 0 unspecified atom stereocenters. The van der Waals surface area contributed by atoms with E-state index < -0.39 is 6.04 Å². The van der Waals surface area contributed by atoms with Crippen molar-refractivity contribution in [3.63, 3.8) is 0 Å². The van der Waals surface area contributed by atoms with Gasteiger partial charge in [-0.15, -0.1) is 5.10 Å². The van der Waals surface area contributed by atoms with Gasteiger partial charge in [-0.25, -0.2) is 9.37 Å². The summed E-state index contributed by atoms with van der Waals surface area (Å²) >= 11 is 1.30. The van der Waals surface area contributed by atoms with Crippen LogP contribution in [0.2, 0.25) is 0 Å². The van der Waals surface area contributed by atoms with E-state index in [0.717, 1.165) is 12.8 Å². The van der Waals surface area contributed by atoms with Crippen LogP contribution in [0.5, 0.6) is 5.88 Å². The van der Waals surface area contributed by atoms with E-state index in [-0.39, 0.29) is 23.6 Å². The van der Waals surface area contributed by atoms with Gasteiger partial charge in [0.1, 0.15) is 5.82 Å². The van der Waals surface area contributed by atoms with Crippen LogP contribution < -0.4 is 0 Å². The Balaban J connectivity index is 1.76. The second-order valence-electron chi connectivity index (χ2n) is 7.38. The highest BCUT2D eigenvalue weighted by Gasteiger charge is 2.36. The maximum absolute atomic E-state index is 14.9. The molecule has 0 spiro atoms. The van der Waals surface area contributed by atoms with Gasteiger partial charge in [0.25, 0.3) is 0 Å². The van der Waals surface area contributed by atoms with Gasteiger partial charge in [0.05, 0.1) is 23.4 Å². The average molecular weight is 433 g/mol. The molecule has 3 aromatic rings. The number of ether oxygens (including phenoxy) is 1. The molecule has 7 nitrogen and oxygen atoms in total. The van der Waals surface area contributed by atoms with Crippen LogP contribution in [0.4, 0.5) is 4.39 Å². The molecule has 0 radical (unpaired) electrons. The minimum Gasteiger partial charge on any atom is -0.492 e. The van der Waals surface area contributed by atoms with Gasteiger partial charge < -0.3 is 9.84 Å². The van der Waals surface area contributed by atoms with Crippen molar-refractivity contribution in [2.45, 2.75) is 39.2 Å².